The number of hydrogen-bond donors (Lipinski definition) is 2. The lowest BCUT2D eigenvalue weighted by Gasteiger charge is -2.29. The van der Waals surface area contributed by atoms with Crippen molar-refractivity contribution >= 4 is 0 Å². The first-order valence-electron chi connectivity index (χ1n) is 8.19. The Labute approximate surface area is 130 Å². The van der Waals surface area contributed by atoms with Crippen molar-refractivity contribution in [3.63, 3.8) is 0 Å². The van der Waals surface area contributed by atoms with E-state index in [4.69, 9.17) is 0 Å². The minimum Gasteiger partial charge on any atom is -0.389 e. The predicted octanol–water partition coefficient (Wildman–Crippen LogP) is 3.21. The monoisotopic (exact) mass is 292 g/mol. The zero-order valence-electron chi connectivity index (χ0n) is 14.1. The molecule has 3 heteroatoms. The van der Waals surface area contributed by atoms with Crippen LogP contribution in [0.2, 0.25) is 0 Å². The molecule has 1 atom stereocenters. The molecule has 2 N–H and O–H groups in total. The van der Waals surface area contributed by atoms with E-state index < -0.39 is 5.60 Å². The molecule has 0 aromatic heterocycles. The van der Waals surface area contributed by atoms with Gasteiger partial charge in [0.15, 0.2) is 0 Å². The van der Waals surface area contributed by atoms with Crippen LogP contribution in [0.15, 0.2) is 30.3 Å². The molecule has 0 aliphatic rings. The first-order chi connectivity index (χ1) is 9.96. The van der Waals surface area contributed by atoms with Crippen molar-refractivity contribution in [2.75, 3.05) is 26.2 Å². The zero-order valence-corrected chi connectivity index (χ0v) is 14.1. The molecule has 1 unspecified atom stereocenters. The van der Waals surface area contributed by atoms with E-state index >= 15 is 0 Å². The van der Waals surface area contributed by atoms with E-state index in [9.17, 15) is 5.11 Å². The van der Waals surface area contributed by atoms with Gasteiger partial charge in [0.25, 0.3) is 0 Å². The van der Waals surface area contributed by atoms with Gasteiger partial charge in [-0.25, -0.2) is 0 Å². The summed E-state index contributed by atoms with van der Waals surface area (Å²) in [5.41, 5.74) is 0.722. The molecule has 21 heavy (non-hydrogen) atoms. The number of aliphatic hydroxyl groups is 1. The Bertz CT molecular complexity index is 373. The van der Waals surface area contributed by atoms with E-state index in [-0.39, 0.29) is 0 Å². The lowest BCUT2D eigenvalue weighted by molar-refractivity contribution is 0.0366. The van der Waals surface area contributed by atoms with Crippen LogP contribution in [0.3, 0.4) is 0 Å². The first-order valence-corrected chi connectivity index (χ1v) is 8.19. The molecule has 0 radical (unpaired) electrons. The van der Waals surface area contributed by atoms with Gasteiger partial charge < -0.3 is 15.3 Å². The summed E-state index contributed by atoms with van der Waals surface area (Å²) in [6, 6.07) is 11.0. The van der Waals surface area contributed by atoms with Crippen molar-refractivity contribution in [3.05, 3.63) is 35.9 Å². The van der Waals surface area contributed by atoms with Crippen LogP contribution < -0.4 is 5.32 Å². The Hall–Kier alpha value is -0.900. The van der Waals surface area contributed by atoms with Gasteiger partial charge in [0, 0.05) is 19.1 Å². The zero-order chi connectivity index (χ0) is 15.7. The van der Waals surface area contributed by atoms with Crippen LogP contribution in [-0.2, 0) is 0 Å². The molecule has 1 aromatic carbocycles. The van der Waals surface area contributed by atoms with Crippen LogP contribution >= 0.6 is 0 Å². The highest BCUT2D eigenvalue weighted by atomic mass is 16.3. The molecule has 1 rings (SSSR count). The summed E-state index contributed by atoms with van der Waals surface area (Å²) in [6.45, 7) is 11.8. The molecule has 3 nitrogen and oxygen atoms in total. The number of benzene rings is 1. The van der Waals surface area contributed by atoms with Gasteiger partial charge in [-0.3, -0.25) is 0 Å². The maximum absolute atomic E-state index is 9.99. The summed E-state index contributed by atoms with van der Waals surface area (Å²) in [6.07, 6.45) is 2.21. The third-order valence-electron chi connectivity index (χ3n) is 3.63. The van der Waals surface area contributed by atoms with Gasteiger partial charge in [0.2, 0.25) is 0 Å². The highest BCUT2D eigenvalue weighted by molar-refractivity contribution is 5.18. The van der Waals surface area contributed by atoms with Crippen molar-refractivity contribution in [1.82, 2.24) is 10.2 Å². The Morgan fingerprint density at radius 2 is 1.86 bits per heavy atom. The molecule has 0 heterocycles. The summed E-state index contributed by atoms with van der Waals surface area (Å²) in [7, 11) is 0. The summed E-state index contributed by atoms with van der Waals surface area (Å²) in [4.78, 5) is 2.32. The number of hydrogen-bond acceptors (Lipinski definition) is 3. The minimum absolute atomic E-state index is 0.391. The normalized spacial score (nSPS) is 13.6. The second-order valence-corrected chi connectivity index (χ2v) is 6.39. The van der Waals surface area contributed by atoms with E-state index in [1.165, 1.54) is 5.56 Å². The van der Waals surface area contributed by atoms with Crippen LogP contribution in [0.4, 0.5) is 0 Å². The third-order valence-corrected chi connectivity index (χ3v) is 3.63. The van der Waals surface area contributed by atoms with Crippen molar-refractivity contribution < 1.29 is 5.11 Å². The number of nitrogens with one attached hydrogen (secondary N) is 1. The minimum atomic E-state index is -0.630. The highest BCUT2D eigenvalue weighted by Gasteiger charge is 2.18. The van der Waals surface area contributed by atoms with Crippen molar-refractivity contribution in [2.45, 2.75) is 52.2 Å². The van der Waals surface area contributed by atoms with Crippen LogP contribution in [0.5, 0.6) is 0 Å². The van der Waals surface area contributed by atoms with E-state index in [0.29, 0.717) is 6.04 Å². The fraction of sp³-hybridized carbons (Fsp3) is 0.667. The second kappa shape index (κ2) is 9.19. The Morgan fingerprint density at radius 1 is 1.19 bits per heavy atom. The van der Waals surface area contributed by atoms with Crippen molar-refractivity contribution in [3.8, 4) is 0 Å². The smallest absolute Gasteiger partial charge is 0.0718 e. The van der Waals surface area contributed by atoms with Crippen LogP contribution in [0.1, 0.15) is 52.1 Å². The lowest BCUT2D eigenvalue weighted by Crippen LogP contribution is -2.40. The standard InChI is InChI=1S/C18H32N2O/c1-5-13-19-17(16-10-8-7-9-11-16)12-14-20(6-2)15-18(3,4)21/h7-11,17,19,21H,5-6,12-15H2,1-4H3. The molecule has 0 saturated carbocycles. The van der Waals surface area contributed by atoms with Gasteiger partial charge in [-0.1, -0.05) is 44.2 Å². The molecule has 0 bridgehead atoms. The maximum atomic E-state index is 9.99. The van der Waals surface area contributed by atoms with Gasteiger partial charge in [-0.2, -0.15) is 0 Å². The average molecular weight is 292 g/mol. The first kappa shape index (κ1) is 18.1. The molecule has 0 aliphatic carbocycles. The Kier molecular flexibility index (Phi) is 7.94. The van der Waals surface area contributed by atoms with Crippen molar-refractivity contribution in [1.29, 1.82) is 0 Å². The maximum Gasteiger partial charge on any atom is 0.0718 e. The Balaban J connectivity index is 2.60. The van der Waals surface area contributed by atoms with Crippen molar-refractivity contribution in [2.24, 2.45) is 0 Å². The number of rotatable bonds is 10. The summed E-state index contributed by atoms with van der Waals surface area (Å²) in [5, 5.41) is 13.6. The lowest BCUT2D eigenvalue weighted by atomic mass is 10.0. The van der Waals surface area contributed by atoms with E-state index in [1.54, 1.807) is 0 Å². The molecule has 1 aromatic rings. The van der Waals surface area contributed by atoms with Crippen LogP contribution in [0, 0.1) is 0 Å². The molecular formula is C18H32N2O. The molecule has 0 spiro atoms. The quantitative estimate of drug-likeness (QED) is 0.695. The largest absolute Gasteiger partial charge is 0.389 e. The van der Waals surface area contributed by atoms with Gasteiger partial charge in [-0.05, 0) is 45.3 Å². The topological polar surface area (TPSA) is 35.5 Å². The second-order valence-electron chi connectivity index (χ2n) is 6.39. The summed E-state index contributed by atoms with van der Waals surface area (Å²) >= 11 is 0. The number of nitrogens with zero attached hydrogens (tertiary/aromatic N) is 1. The molecule has 0 saturated heterocycles. The molecule has 0 fully saturated rings. The third kappa shape index (κ3) is 7.60. The SMILES string of the molecule is CCCNC(CCN(CC)CC(C)(C)O)c1ccccc1. The highest BCUT2D eigenvalue weighted by Crippen LogP contribution is 2.17. The van der Waals surface area contributed by atoms with E-state index in [2.05, 4.69) is 54.4 Å². The fourth-order valence-electron chi connectivity index (χ4n) is 2.60. The molecule has 0 amide bonds. The number of likely N-dealkylation sites (N-methyl/N-ethyl adjacent to an activating group) is 1. The fourth-order valence-corrected chi connectivity index (χ4v) is 2.60. The van der Waals surface area contributed by atoms with Gasteiger partial charge >= 0.3 is 0 Å². The van der Waals surface area contributed by atoms with E-state index in [1.807, 2.05) is 13.8 Å². The van der Waals surface area contributed by atoms with Gasteiger partial charge in [0.1, 0.15) is 0 Å². The summed E-state index contributed by atoms with van der Waals surface area (Å²) in [5.74, 6) is 0. The molecule has 120 valence electrons. The molecule has 0 aliphatic heterocycles. The van der Waals surface area contributed by atoms with Crippen LogP contribution in [-0.4, -0.2) is 41.8 Å². The Morgan fingerprint density at radius 3 is 2.38 bits per heavy atom. The summed E-state index contributed by atoms with van der Waals surface area (Å²) < 4.78 is 0. The predicted molar refractivity (Wildman–Crippen MR) is 90.5 cm³/mol. The van der Waals surface area contributed by atoms with Crippen LogP contribution in [0.25, 0.3) is 0 Å². The van der Waals surface area contributed by atoms with Gasteiger partial charge in [-0.15, -0.1) is 0 Å². The molecular weight excluding hydrogens is 260 g/mol. The average Bonchev–Trinajstić information content (AvgIpc) is 2.45. The van der Waals surface area contributed by atoms with E-state index in [0.717, 1.165) is 39.0 Å². The van der Waals surface area contributed by atoms with Gasteiger partial charge in [0.05, 0.1) is 5.60 Å².